The molecule has 0 saturated carbocycles. The summed E-state index contributed by atoms with van der Waals surface area (Å²) in [5, 5.41) is 6.91. The van der Waals surface area contributed by atoms with E-state index in [0.29, 0.717) is 6.61 Å². The Labute approximate surface area is 129 Å². The number of hydrogen-bond donors (Lipinski definition) is 2. The van der Waals surface area contributed by atoms with E-state index in [1.165, 1.54) is 0 Å². The number of rotatable bonds is 7. The molecule has 0 radical (unpaired) electrons. The van der Waals surface area contributed by atoms with Crippen LogP contribution in [0.15, 0.2) is 53.9 Å². The van der Waals surface area contributed by atoms with Crippen LogP contribution in [0.2, 0.25) is 0 Å². The molecule has 0 aliphatic rings. The van der Waals surface area contributed by atoms with Crippen LogP contribution < -0.4 is 15.5 Å². The Balaban J connectivity index is 1.82. The van der Waals surface area contributed by atoms with Crippen LogP contribution >= 0.6 is 0 Å². The minimum Gasteiger partial charge on any atom is -0.492 e. The lowest BCUT2D eigenvalue weighted by atomic mass is 10.3. The molecule has 1 amide bonds. The van der Waals surface area contributed by atoms with E-state index in [2.05, 4.69) is 20.8 Å². The minimum absolute atomic E-state index is 0.109. The van der Waals surface area contributed by atoms with Crippen LogP contribution in [0.4, 0.5) is 5.69 Å². The molecule has 6 nitrogen and oxygen atoms in total. The van der Waals surface area contributed by atoms with Crippen molar-refractivity contribution in [2.75, 3.05) is 18.5 Å². The number of hydrogen-bond acceptors (Lipinski definition) is 5. The summed E-state index contributed by atoms with van der Waals surface area (Å²) in [4.78, 5) is 15.6. The number of pyridine rings is 1. The highest BCUT2D eigenvalue weighted by Crippen LogP contribution is 2.23. The second-order valence-electron chi connectivity index (χ2n) is 4.36. The molecule has 0 fully saturated rings. The number of hydrazone groups is 1. The number of amides is 1. The second kappa shape index (κ2) is 8.41. The van der Waals surface area contributed by atoms with Gasteiger partial charge in [0, 0.05) is 12.4 Å². The lowest BCUT2D eigenvalue weighted by molar-refractivity contribution is -0.119. The van der Waals surface area contributed by atoms with E-state index in [1.807, 2.05) is 31.2 Å². The SMILES string of the molecule is CCOc1ccccc1NCC(=O)NN=Cc1ccncc1. The predicted molar refractivity (Wildman–Crippen MR) is 86.1 cm³/mol. The van der Waals surface area contributed by atoms with E-state index in [4.69, 9.17) is 4.74 Å². The molecule has 0 aliphatic carbocycles. The van der Waals surface area contributed by atoms with Gasteiger partial charge in [-0.1, -0.05) is 12.1 Å². The number of para-hydroxylation sites is 2. The zero-order chi connectivity index (χ0) is 15.6. The molecule has 22 heavy (non-hydrogen) atoms. The number of aromatic nitrogens is 1. The van der Waals surface area contributed by atoms with Crippen molar-refractivity contribution in [2.24, 2.45) is 5.10 Å². The Hall–Kier alpha value is -2.89. The number of carbonyl (C=O) groups is 1. The number of carbonyl (C=O) groups excluding carboxylic acids is 1. The quantitative estimate of drug-likeness (QED) is 0.606. The third-order valence-corrected chi connectivity index (χ3v) is 2.74. The van der Waals surface area contributed by atoms with Crippen molar-refractivity contribution in [1.29, 1.82) is 0 Å². The molecule has 1 aromatic carbocycles. The number of anilines is 1. The third kappa shape index (κ3) is 4.90. The fourth-order valence-corrected chi connectivity index (χ4v) is 1.74. The van der Waals surface area contributed by atoms with Crippen LogP contribution in [0.1, 0.15) is 12.5 Å². The van der Waals surface area contributed by atoms with Crippen LogP contribution in [-0.4, -0.2) is 30.3 Å². The number of nitrogens with zero attached hydrogens (tertiary/aromatic N) is 2. The van der Waals surface area contributed by atoms with E-state index in [9.17, 15) is 4.79 Å². The Bertz CT molecular complexity index is 629. The van der Waals surface area contributed by atoms with E-state index in [1.54, 1.807) is 30.7 Å². The highest BCUT2D eigenvalue weighted by Gasteiger charge is 2.04. The third-order valence-electron chi connectivity index (χ3n) is 2.74. The van der Waals surface area contributed by atoms with Crippen molar-refractivity contribution in [3.8, 4) is 5.75 Å². The second-order valence-corrected chi connectivity index (χ2v) is 4.36. The van der Waals surface area contributed by atoms with E-state index < -0.39 is 0 Å². The summed E-state index contributed by atoms with van der Waals surface area (Å²) in [7, 11) is 0. The smallest absolute Gasteiger partial charge is 0.259 e. The van der Waals surface area contributed by atoms with Gasteiger partial charge in [0.2, 0.25) is 0 Å². The van der Waals surface area contributed by atoms with Crippen molar-refractivity contribution in [3.05, 3.63) is 54.4 Å². The molecule has 114 valence electrons. The average Bonchev–Trinajstić information content (AvgIpc) is 2.55. The molecule has 2 N–H and O–H groups in total. The first-order valence-corrected chi connectivity index (χ1v) is 6.97. The molecule has 6 heteroatoms. The van der Waals surface area contributed by atoms with Gasteiger partial charge in [0.15, 0.2) is 0 Å². The van der Waals surface area contributed by atoms with Gasteiger partial charge in [-0.25, -0.2) is 5.43 Å². The topological polar surface area (TPSA) is 75.6 Å². The maximum atomic E-state index is 11.7. The van der Waals surface area contributed by atoms with Crippen LogP contribution in [0.25, 0.3) is 0 Å². The van der Waals surface area contributed by atoms with Gasteiger partial charge < -0.3 is 10.1 Å². The van der Waals surface area contributed by atoms with E-state index in [0.717, 1.165) is 17.0 Å². The zero-order valence-electron chi connectivity index (χ0n) is 12.3. The molecule has 0 aliphatic heterocycles. The maximum Gasteiger partial charge on any atom is 0.259 e. The molecule has 0 bridgehead atoms. The summed E-state index contributed by atoms with van der Waals surface area (Å²) in [6, 6.07) is 11.1. The van der Waals surface area contributed by atoms with Gasteiger partial charge in [0.05, 0.1) is 25.1 Å². The first-order valence-electron chi connectivity index (χ1n) is 6.97. The monoisotopic (exact) mass is 298 g/mol. The van der Waals surface area contributed by atoms with E-state index in [-0.39, 0.29) is 12.5 Å². The van der Waals surface area contributed by atoms with Crippen LogP contribution in [0.3, 0.4) is 0 Å². The molecule has 0 saturated heterocycles. The highest BCUT2D eigenvalue weighted by atomic mass is 16.5. The molecule has 0 spiro atoms. The summed E-state index contributed by atoms with van der Waals surface area (Å²) in [5.41, 5.74) is 4.10. The van der Waals surface area contributed by atoms with Gasteiger partial charge in [-0.15, -0.1) is 0 Å². The van der Waals surface area contributed by atoms with Crippen molar-refractivity contribution >= 4 is 17.8 Å². The van der Waals surface area contributed by atoms with Gasteiger partial charge in [-0.05, 0) is 36.8 Å². The first kappa shape index (κ1) is 15.5. The zero-order valence-corrected chi connectivity index (χ0v) is 12.3. The van der Waals surface area contributed by atoms with Gasteiger partial charge in [0.25, 0.3) is 5.91 Å². The number of nitrogens with one attached hydrogen (secondary N) is 2. The number of ether oxygens (including phenoxy) is 1. The lowest BCUT2D eigenvalue weighted by Gasteiger charge is -2.11. The van der Waals surface area contributed by atoms with E-state index >= 15 is 0 Å². The summed E-state index contributed by atoms with van der Waals surface area (Å²) in [6.07, 6.45) is 4.89. The predicted octanol–water partition coefficient (Wildman–Crippen LogP) is 2.04. The molecule has 2 aromatic rings. The normalized spacial score (nSPS) is 10.4. The Morgan fingerprint density at radius 1 is 1.27 bits per heavy atom. The van der Waals surface area contributed by atoms with Crippen molar-refractivity contribution in [2.45, 2.75) is 6.92 Å². The summed E-state index contributed by atoms with van der Waals surface area (Å²) < 4.78 is 5.48. The van der Waals surface area contributed by atoms with Gasteiger partial charge in [0.1, 0.15) is 5.75 Å². The van der Waals surface area contributed by atoms with Crippen LogP contribution in [-0.2, 0) is 4.79 Å². The van der Waals surface area contributed by atoms with Gasteiger partial charge >= 0.3 is 0 Å². The molecule has 2 rings (SSSR count). The van der Waals surface area contributed by atoms with Crippen LogP contribution in [0.5, 0.6) is 5.75 Å². The van der Waals surface area contributed by atoms with Gasteiger partial charge in [-0.3, -0.25) is 9.78 Å². The van der Waals surface area contributed by atoms with Crippen molar-refractivity contribution in [3.63, 3.8) is 0 Å². The first-order chi connectivity index (χ1) is 10.8. The van der Waals surface area contributed by atoms with Crippen molar-refractivity contribution in [1.82, 2.24) is 10.4 Å². The largest absolute Gasteiger partial charge is 0.492 e. The van der Waals surface area contributed by atoms with Crippen molar-refractivity contribution < 1.29 is 9.53 Å². The minimum atomic E-state index is -0.239. The molecule has 0 unspecified atom stereocenters. The van der Waals surface area contributed by atoms with Gasteiger partial charge in [-0.2, -0.15) is 5.10 Å². The maximum absolute atomic E-state index is 11.7. The molecular formula is C16H18N4O2. The summed E-state index contributed by atoms with van der Waals surface area (Å²) >= 11 is 0. The molecule has 1 heterocycles. The summed E-state index contributed by atoms with van der Waals surface area (Å²) in [6.45, 7) is 2.59. The molecule has 1 aromatic heterocycles. The highest BCUT2D eigenvalue weighted by molar-refractivity contribution is 5.84. The fourth-order valence-electron chi connectivity index (χ4n) is 1.74. The summed E-state index contributed by atoms with van der Waals surface area (Å²) in [5.74, 6) is 0.481. The molecule has 0 atom stereocenters. The van der Waals surface area contributed by atoms with Crippen LogP contribution in [0, 0.1) is 0 Å². The lowest BCUT2D eigenvalue weighted by Crippen LogP contribution is -2.26. The average molecular weight is 298 g/mol. The Kier molecular flexibility index (Phi) is 5.92. The fraction of sp³-hybridized carbons (Fsp3) is 0.188. The molecular weight excluding hydrogens is 280 g/mol. The standard InChI is InChI=1S/C16H18N4O2/c1-2-22-15-6-4-3-5-14(15)18-12-16(21)20-19-11-13-7-9-17-10-8-13/h3-11,18H,2,12H2,1H3,(H,20,21). The Morgan fingerprint density at radius 2 is 2.05 bits per heavy atom. The number of benzene rings is 1. The Morgan fingerprint density at radius 3 is 2.82 bits per heavy atom.